The van der Waals surface area contributed by atoms with Crippen molar-refractivity contribution in [3.8, 4) is 6.07 Å². The minimum Gasteiger partial charge on any atom is -0.324 e. The SMILES string of the molecule is N#CC1=C(n2cccc2)N(c2cccc(F)c2)C2=C(C(=O)CCC2)C12C(=O)Nc1ccccc12. The van der Waals surface area contributed by atoms with Crippen LogP contribution in [0.2, 0.25) is 0 Å². The van der Waals surface area contributed by atoms with Crippen LogP contribution in [0.4, 0.5) is 15.8 Å². The van der Waals surface area contributed by atoms with Gasteiger partial charge in [0, 0.05) is 41.3 Å². The highest BCUT2D eigenvalue weighted by Gasteiger charge is 2.60. The number of hydrogen-bond acceptors (Lipinski definition) is 4. The second kappa shape index (κ2) is 7.29. The van der Waals surface area contributed by atoms with Crippen LogP contribution in [0.3, 0.4) is 0 Å². The minimum atomic E-state index is -1.57. The number of nitrogens with zero attached hydrogens (tertiary/aromatic N) is 3. The number of anilines is 2. The normalized spacial score (nSPS) is 21.5. The van der Waals surface area contributed by atoms with Gasteiger partial charge < -0.3 is 9.88 Å². The highest BCUT2D eigenvalue weighted by Crippen LogP contribution is 2.56. The minimum absolute atomic E-state index is 0.129. The molecular formula is C27H19FN4O2. The Hall–Kier alpha value is -4.44. The largest absolute Gasteiger partial charge is 0.324 e. The number of carbonyl (C=O) groups is 2. The van der Waals surface area contributed by atoms with Crippen molar-refractivity contribution in [3.05, 3.63) is 101 Å². The van der Waals surface area contributed by atoms with E-state index in [0.29, 0.717) is 46.9 Å². The molecule has 3 heterocycles. The third kappa shape index (κ3) is 2.54. The number of allylic oxidation sites excluding steroid dienone is 1. The molecule has 34 heavy (non-hydrogen) atoms. The number of benzene rings is 2. The molecule has 1 aromatic heterocycles. The maximum Gasteiger partial charge on any atom is 0.245 e. The van der Waals surface area contributed by atoms with Crippen LogP contribution in [-0.2, 0) is 15.0 Å². The van der Waals surface area contributed by atoms with Crippen molar-refractivity contribution in [2.45, 2.75) is 24.7 Å². The molecule has 166 valence electrons. The van der Waals surface area contributed by atoms with E-state index in [-0.39, 0.29) is 17.8 Å². The molecule has 2 aliphatic heterocycles. The number of Topliss-reactive ketones (excluding diaryl/α,β-unsaturated/α-hetero) is 1. The lowest BCUT2D eigenvalue weighted by atomic mass is 9.63. The van der Waals surface area contributed by atoms with Gasteiger partial charge >= 0.3 is 0 Å². The van der Waals surface area contributed by atoms with Crippen molar-refractivity contribution in [2.24, 2.45) is 0 Å². The second-order valence-corrected chi connectivity index (χ2v) is 8.56. The van der Waals surface area contributed by atoms with Crippen LogP contribution >= 0.6 is 0 Å². The van der Waals surface area contributed by atoms with Crippen molar-refractivity contribution >= 4 is 28.9 Å². The first-order valence-electron chi connectivity index (χ1n) is 11.1. The molecule has 1 spiro atoms. The van der Waals surface area contributed by atoms with Gasteiger partial charge in [-0.05, 0) is 49.2 Å². The Balaban J connectivity index is 1.79. The predicted octanol–water partition coefficient (Wildman–Crippen LogP) is 4.74. The molecular weight excluding hydrogens is 431 g/mol. The summed E-state index contributed by atoms with van der Waals surface area (Å²) >= 11 is 0. The molecule has 0 bridgehead atoms. The zero-order chi connectivity index (χ0) is 23.4. The summed E-state index contributed by atoms with van der Waals surface area (Å²) in [6.45, 7) is 0. The van der Waals surface area contributed by atoms with Gasteiger partial charge in [-0.15, -0.1) is 0 Å². The van der Waals surface area contributed by atoms with Gasteiger partial charge in [0.1, 0.15) is 23.1 Å². The van der Waals surface area contributed by atoms with E-state index < -0.39 is 17.1 Å². The summed E-state index contributed by atoms with van der Waals surface area (Å²) in [6.07, 6.45) is 4.95. The van der Waals surface area contributed by atoms with Gasteiger partial charge in [-0.3, -0.25) is 14.5 Å². The molecule has 2 aromatic carbocycles. The summed E-state index contributed by atoms with van der Waals surface area (Å²) in [5.74, 6) is -0.611. The topological polar surface area (TPSA) is 78.1 Å². The molecule has 0 radical (unpaired) electrons. The van der Waals surface area contributed by atoms with E-state index in [1.54, 1.807) is 58.3 Å². The molecule has 1 unspecified atom stereocenters. The molecule has 6 nitrogen and oxygen atoms in total. The van der Waals surface area contributed by atoms with Gasteiger partial charge in [0.15, 0.2) is 5.78 Å². The lowest BCUT2D eigenvalue weighted by Gasteiger charge is -2.44. The zero-order valence-corrected chi connectivity index (χ0v) is 18.1. The Morgan fingerprint density at radius 3 is 2.56 bits per heavy atom. The van der Waals surface area contributed by atoms with Crippen LogP contribution in [0.15, 0.2) is 89.9 Å². The van der Waals surface area contributed by atoms with Gasteiger partial charge in [-0.25, -0.2) is 4.39 Å². The van der Waals surface area contributed by atoms with Gasteiger partial charge in [0.05, 0.1) is 11.3 Å². The van der Waals surface area contributed by atoms with Crippen LogP contribution in [0, 0.1) is 17.1 Å². The molecule has 3 aromatic rings. The molecule has 1 aliphatic carbocycles. The smallest absolute Gasteiger partial charge is 0.245 e. The summed E-state index contributed by atoms with van der Waals surface area (Å²) in [4.78, 5) is 29.2. The van der Waals surface area contributed by atoms with Crippen molar-refractivity contribution in [3.63, 3.8) is 0 Å². The van der Waals surface area contributed by atoms with Gasteiger partial charge in [0.25, 0.3) is 0 Å². The maximum atomic E-state index is 14.4. The van der Waals surface area contributed by atoms with Crippen LogP contribution in [-0.4, -0.2) is 16.3 Å². The number of para-hydroxylation sites is 1. The maximum absolute atomic E-state index is 14.4. The Bertz CT molecular complexity index is 1480. The quantitative estimate of drug-likeness (QED) is 0.612. The second-order valence-electron chi connectivity index (χ2n) is 8.56. The number of amides is 1. The Labute approximate surface area is 195 Å². The molecule has 1 amide bonds. The summed E-state index contributed by atoms with van der Waals surface area (Å²) in [7, 11) is 0. The summed E-state index contributed by atoms with van der Waals surface area (Å²) < 4.78 is 16.1. The zero-order valence-electron chi connectivity index (χ0n) is 18.1. The fraction of sp³-hybridized carbons (Fsp3) is 0.148. The number of rotatable bonds is 2. The number of aromatic nitrogens is 1. The van der Waals surface area contributed by atoms with E-state index in [0.717, 1.165) is 0 Å². The number of fused-ring (bicyclic) bond motifs is 3. The highest BCUT2D eigenvalue weighted by molar-refractivity contribution is 6.21. The molecule has 1 N–H and O–H groups in total. The number of hydrogen-bond donors (Lipinski definition) is 1. The standard InChI is InChI=1S/C27H19FN4O2/c28-17-7-5-8-18(15-17)32-22-11-6-12-23(33)24(22)27(19-9-1-2-10-21(19)30-26(27)34)20(16-29)25(32)31-13-3-4-14-31/h1-5,7-10,13-15H,6,11-12H2,(H,30,34). The van der Waals surface area contributed by atoms with Gasteiger partial charge in [-0.1, -0.05) is 24.3 Å². The molecule has 0 saturated carbocycles. The van der Waals surface area contributed by atoms with E-state index in [4.69, 9.17) is 0 Å². The molecule has 0 saturated heterocycles. The van der Waals surface area contributed by atoms with E-state index >= 15 is 0 Å². The lowest BCUT2D eigenvalue weighted by Crippen LogP contribution is -2.49. The average Bonchev–Trinajstić information content (AvgIpc) is 3.46. The molecule has 3 aliphatic rings. The first-order chi connectivity index (χ1) is 16.6. The Kier molecular flexibility index (Phi) is 4.33. The number of nitrogens with one attached hydrogen (secondary N) is 1. The van der Waals surface area contributed by atoms with Crippen molar-refractivity contribution in [1.82, 2.24) is 4.57 Å². The number of nitriles is 1. The van der Waals surface area contributed by atoms with E-state index in [2.05, 4.69) is 11.4 Å². The van der Waals surface area contributed by atoms with Crippen LogP contribution in [0.5, 0.6) is 0 Å². The monoisotopic (exact) mass is 450 g/mol. The lowest BCUT2D eigenvalue weighted by molar-refractivity contribution is -0.122. The summed E-state index contributed by atoms with van der Waals surface area (Å²) in [5.41, 5.74) is 1.14. The molecule has 1 atom stereocenters. The van der Waals surface area contributed by atoms with Crippen LogP contribution < -0.4 is 10.2 Å². The van der Waals surface area contributed by atoms with E-state index in [1.807, 2.05) is 12.1 Å². The van der Waals surface area contributed by atoms with Crippen LogP contribution in [0.25, 0.3) is 5.82 Å². The highest BCUT2D eigenvalue weighted by atomic mass is 19.1. The number of halogens is 1. The van der Waals surface area contributed by atoms with Crippen molar-refractivity contribution in [2.75, 3.05) is 10.2 Å². The number of ketones is 1. The predicted molar refractivity (Wildman–Crippen MR) is 125 cm³/mol. The molecule has 0 fully saturated rings. The van der Waals surface area contributed by atoms with Crippen molar-refractivity contribution < 1.29 is 14.0 Å². The van der Waals surface area contributed by atoms with Crippen LogP contribution in [0.1, 0.15) is 24.8 Å². The average molecular weight is 450 g/mol. The summed E-state index contributed by atoms with van der Waals surface area (Å²) in [6, 6.07) is 19.2. The fourth-order valence-corrected chi connectivity index (χ4v) is 5.51. The first-order valence-corrected chi connectivity index (χ1v) is 11.1. The molecule has 6 rings (SSSR count). The third-order valence-corrected chi connectivity index (χ3v) is 6.79. The molecule has 7 heteroatoms. The third-order valence-electron chi connectivity index (χ3n) is 6.79. The van der Waals surface area contributed by atoms with Gasteiger partial charge in [-0.2, -0.15) is 5.26 Å². The van der Waals surface area contributed by atoms with E-state index in [9.17, 15) is 19.2 Å². The summed E-state index contributed by atoms with van der Waals surface area (Å²) in [5, 5.41) is 13.5. The van der Waals surface area contributed by atoms with E-state index in [1.165, 1.54) is 12.1 Å². The Morgan fingerprint density at radius 2 is 1.79 bits per heavy atom. The number of carbonyl (C=O) groups excluding carboxylic acids is 2. The van der Waals surface area contributed by atoms with Gasteiger partial charge in [0.2, 0.25) is 5.91 Å². The fourth-order valence-electron chi connectivity index (χ4n) is 5.51. The van der Waals surface area contributed by atoms with Crippen molar-refractivity contribution in [1.29, 1.82) is 5.26 Å². The Morgan fingerprint density at radius 1 is 1.00 bits per heavy atom. The first kappa shape index (κ1) is 20.2.